The van der Waals surface area contributed by atoms with E-state index in [9.17, 15) is 5.26 Å². The van der Waals surface area contributed by atoms with Gasteiger partial charge in [0.1, 0.15) is 23.1 Å². The van der Waals surface area contributed by atoms with Crippen LogP contribution in [-0.4, -0.2) is 46.7 Å². The van der Waals surface area contributed by atoms with Crippen molar-refractivity contribution in [2.24, 2.45) is 0 Å². The van der Waals surface area contributed by atoms with E-state index in [4.69, 9.17) is 29.1 Å². The van der Waals surface area contributed by atoms with Crippen molar-refractivity contribution in [3.63, 3.8) is 0 Å². The Bertz CT molecular complexity index is 3230. The van der Waals surface area contributed by atoms with Crippen LogP contribution in [0.5, 0.6) is 5.75 Å². The van der Waals surface area contributed by atoms with Crippen molar-refractivity contribution >= 4 is 56.7 Å². The number of ether oxygens (including phenoxy) is 1. The van der Waals surface area contributed by atoms with Crippen LogP contribution >= 0.6 is 0 Å². The number of para-hydroxylation sites is 2. The highest BCUT2D eigenvalue weighted by Gasteiger charge is 2.38. The number of hydrogen-bond donors (Lipinski definition) is 1. The zero-order chi connectivity index (χ0) is 45.2. The van der Waals surface area contributed by atoms with Crippen molar-refractivity contribution in [2.45, 2.75) is 44.2 Å². The van der Waals surface area contributed by atoms with Gasteiger partial charge in [-0.1, -0.05) is 84.9 Å². The Balaban J connectivity index is 0.897. The van der Waals surface area contributed by atoms with Gasteiger partial charge < -0.3 is 29.2 Å². The van der Waals surface area contributed by atoms with Crippen LogP contribution in [0.15, 0.2) is 168 Å². The Labute approximate surface area is 390 Å². The smallest absolute Gasteiger partial charge is 0.227 e. The van der Waals surface area contributed by atoms with Crippen molar-refractivity contribution < 1.29 is 9.15 Å². The molecule has 0 bridgehead atoms. The summed E-state index contributed by atoms with van der Waals surface area (Å²) < 4.78 is 11.1. The fraction of sp³-hybridized carbons (Fsp3) is 0.196. The quantitative estimate of drug-likeness (QED) is 0.126. The van der Waals surface area contributed by atoms with Crippen LogP contribution in [0.4, 0.5) is 34.9 Å². The van der Waals surface area contributed by atoms with Crippen LogP contribution in [0.25, 0.3) is 32.9 Å². The first-order chi connectivity index (χ1) is 33.0. The Morgan fingerprint density at radius 3 is 2.36 bits per heavy atom. The molecule has 3 aromatic heterocycles. The third-order valence-electron chi connectivity index (χ3n) is 13.3. The van der Waals surface area contributed by atoms with E-state index in [-0.39, 0.29) is 0 Å². The molecule has 0 spiro atoms. The van der Waals surface area contributed by atoms with E-state index in [0.29, 0.717) is 50.9 Å². The summed E-state index contributed by atoms with van der Waals surface area (Å²) in [6.45, 7) is 3.20. The summed E-state index contributed by atoms with van der Waals surface area (Å²) in [7, 11) is 1.68. The molecule has 1 saturated heterocycles. The van der Waals surface area contributed by atoms with Gasteiger partial charge in [-0.05, 0) is 126 Å². The molecule has 0 saturated carbocycles. The Hall–Kier alpha value is -8.23. The van der Waals surface area contributed by atoms with Crippen LogP contribution < -0.4 is 24.8 Å². The number of methoxy groups -OCH3 is 1. The van der Waals surface area contributed by atoms with E-state index in [1.165, 1.54) is 11.3 Å². The van der Waals surface area contributed by atoms with E-state index in [1.54, 1.807) is 13.4 Å². The number of rotatable bonds is 12. The maximum absolute atomic E-state index is 11.0. The lowest BCUT2D eigenvalue weighted by molar-refractivity contribution is 0.412. The van der Waals surface area contributed by atoms with Crippen LogP contribution in [0.2, 0.25) is 0 Å². The molecule has 0 amide bonds. The number of piperidine rings is 1. The summed E-state index contributed by atoms with van der Waals surface area (Å²) in [6.07, 6.45) is 5.01. The Morgan fingerprint density at radius 2 is 1.54 bits per heavy atom. The highest BCUT2D eigenvalue weighted by atomic mass is 16.5. The van der Waals surface area contributed by atoms with Gasteiger partial charge >= 0.3 is 0 Å². The van der Waals surface area contributed by atoms with E-state index < -0.39 is 5.41 Å². The Kier molecular flexibility index (Phi) is 11.1. The highest BCUT2D eigenvalue weighted by molar-refractivity contribution is 5.96. The van der Waals surface area contributed by atoms with Crippen molar-refractivity contribution in [1.82, 2.24) is 19.9 Å². The minimum Gasteiger partial charge on any atom is -0.497 e. The van der Waals surface area contributed by atoms with Crippen molar-refractivity contribution in [2.75, 3.05) is 46.8 Å². The number of hydrogen-bond acceptors (Lipinski definition) is 11. The number of nitriles is 1. The van der Waals surface area contributed by atoms with Gasteiger partial charge in [-0.3, -0.25) is 0 Å². The zero-order valence-corrected chi connectivity index (χ0v) is 37.3. The van der Waals surface area contributed by atoms with Gasteiger partial charge in [-0.2, -0.15) is 15.2 Å². The molecule has 9 aromatic rings. The summed E-state index contributed by atoms with van der Waals surface area (Å²) in [5, 5.41) is 16.4. The van der Waals surface area contributed by atoms with Crippen molar-refractivity contribution in [1.29, 1.82) is 5.26 Å². The predicted molar refractivity (Wildman–Crippen MR) is 266 cm³/mol. The fourth-order valence-electron chi connectivity index (χ4n) is 9.67. The topological polar surface area (TPSA) is 119 Å². The summed E-state index contributed by atoms with van der Waals surface area (Å²) >= 11 is 0. The third kappa shape index (κ3) is 8.23. The molecule has 0 radical (unpaired) electrons. The number of benzene rings is 6. The average Bonchev–Trinajstić information content (AvgIpc) is 3.93. The molecule has 1 fully saturated rings. The molecule has 1 N–H and O–H groups in total. The van der Waals surface area contributed by atoms with Gasteiger partial charge in [0.05, 0.1) is 42.4 Å². The predicted octanol–water partition coefficient (Wildman–Crippen LogP) is 11.9. The lowest BCUT2D eigenvalue weighted by atomic mass is 9.73. The van der Waals surface area contributed by atoms with Gasteiger partial charge in [0.15, 0.2) is 0 Å². The molecule has 11 nitrogen and oxygen atoms in total. The summed E-state index contributed by atoms with van der Waals surface area (Å²) in [5.41, 5.74) is 8.74. The zero-order valence-electron chi connectivity index (χ0n) is 37.3. The second-order valence-corrected chi connectivity index (χ2v) is 17.3. The van der Waals surface area contributed by atoms with Gasteiger partial charge in [0.25, 0.3) is 0 Å². The number of anilines is 6. The number of nitrogens with zero attached hydrogens (tertiary/aromatic N) is 8. The first-order valence-electron chi connectivity index (χ1n) is 23.0. The van der Waals surface area contributed by atoms with E-state index in [2.05, 4.69) is 141 Å². The number of aromatic nitrogens is 4. The summed E-state index contributed by atoms with van der Waals surface area (Å²) in [6, 6.07) is 56.9. The molecule has 2 aliphatic rings. The maximum Gasteiger partial charge on any atom is 0.227 e. The van der Waals surface area contributed by atoms with Crippen LogP contribution in [0, 0.1) is 11.3 Å². The lowest BCUT2D eigenvalue weighted by Crippen LogP contribution is -2.42. The molecule has 0 aliphatic carbocycles. The van der Waals surface area contributed by atoms with Crippen LogP contribution in [0.3, 0.4) is 0 Å². The first kappa shape index (κ1) is 41.5. The average molecular weight is 880 g/mol. The lowest BCUT2D eigenvalue weighted by Gasteiger charge is -2.38. The first-order valence-corrected chi connectivity index (χ1v) is 23.0. The molecule has 2 aliphatic heterocycles. The molecule has 0 unspecified atom stereocenters. The largest absolute Gasteiger partial charge is 0.497 e. The molecule has 5 heterocycles. The van der Waals surface area contributed by atoms with Gasteiger partial charge in [0, 0.05) is 48.3 Å². The standard InChI is InChI=1S/C56H49N9O2/c1-66-45-25-23-44(24-26-45)65(37-39-12-3-2-4-13-39)53-47-19-6-7-20-49(47)60-55(62-53)63-31-28-56(38-57,29-32-63)43-17-9-15-41(34-43)42-22-27-48-50(35-42)59-54(58-36-46-18-11-33-67-46)61-52(48)64-30-10-16-40-14-5-8-21-51(40)64/h2-9,11-15,17-27,33-35H,10,16,28-32,36-37H2,1H3,(H,58,59,61). The van der Waals surface area contributed by atoms with Gasteiger partial charge in [-0.15, -0.1) is 0 Å². The molecule has 11 heteroatoms. The monoisotopic (exact) mass is 879 g/mol. The molecule has 6 aromatic carbocycles. The molecule has 11 rings (SSSR count). The van der Waals surface area contributed by atoms with Crippen LogP contribution in [0.1, 0.15) is 41.7 Å². The molecule has 0 atom stereocenters. The summed E-state index contributed by atoms with van der Waals surface area (Å²) in [5.74, 6) is 4.50. The highest BCUT2D eigenvalue weighted by Crippen LogP contribution is 2.41. The van der Waals surface area contributed by atoms with E-state index in [1.807, 2.05) is 42.5 Å². The summed E-state index contributed by atoms with van der Waals surface area (Å²) in [4.78, 5) is 27.5. The minimum atomic E-state index is -0.689. The van der Waals surface area contributed by atoms with Gasteiger partial charge in [0.2, 0.25) is 11.9 Å². The second-order valence-electron chi connectivity index (χ2n) is 17.3. The third-order valence-corrected chi connectivity index (χ3v) is 13.3. The van der Waals surface area contributed by atoms with Gasteiger partial charge in [-0.25, -0.2) is 9.97 Å². The minimum absolute atomic E-state index is 0.467. The van der Waals surface area contributed by atoms with E-state index in [0.717, 1.165) is 92.3 Å². The fourth-order valence-corrected chi connectivity index (χ4v) is 9.67. The Morgan fingerprint density at radius 1 is 0.731 bits per heavy atom. The normalized spacial score (nSPS) is 14.4. The number of aryl methyl sites for hydroxylation is 1. The van der Waals surface area contributed by atoms with Crippen molar-refractivity contribution in [3.8, 4) is 22.9 Å². The maximum atomic E-state index is 11.0. The number of furan rings is 1. The molecule has 330 valence electrons. The molecule has 67 heavy (non-hydrogen) atoms. The van der Waals surface area contributed by atoms with E-state index >= 15 is 0 Å². The van der Waals surface area contributed by atoms with Crippen LogP contribution in [-0.2, 0) is 24.9 Å². The SMILES string of the molecule is COc1ccc(N(Cc2ccccc2)c2nc(N3CCC(C#N)(c4cccc(-c5ccc6c(N7CCCc8ccccc87)nc(NCc7ccco7)nc6c5)c4)CC3)nc3ccccc23)cc1. The van der Waals surface area contributed by atoms with Crippen molar-refractivity contribution in [3.05, 3.63) is 186 Å². The number of nitrogens with one attached hydrogen (secondary N) is 1. The number of fused-ring (bicyclic) bond motifs is 3. The second kappa shape index (κ2) is 18.0. The molecular formula is C56H49N9O2. The molecular weight excluding hydrogens is 831 g/mol.